The fourth-order valence-electron chi connectivity index (χ4n) is 1.10. The largest absolute Gasteiger partial charge is 0.478 e. The van der Waals surface area contributed by atoms with Crippen LogP contribution in [-0.2, 0) is 4.74 Å². The molecule has 0 saturated heterocycles. The van der Waals surface area contributed by atoms with Crippen LogP contribution < -0.4 is 5.32 Å². The number of carboxylic acids is 1. The predicted octanol–water partition coefficient (Wildman–Crippen LogP) is 2.26. The lowest BCUT2D eigenvalue weighted by atomic mass is 10.1. The molecule has 6 heteroatoms. The zero-order chi connectivity index (χ0) is 12.8. The van der Waals surface area contributed by atoms with Crippen LogP contribution in [0.1, 0.15) is 10.4 Å². The minimum atomic E-state index is -1.34. The molecule has 0 radical (unpaired) electrons. The quantitative estimate of drug-likeness (QED) is 0.790. The number of amides is 1. The molecule has 90 valence electrons. The third-order valence-corrected chi connectivity index (χ3v) is 1.80. The van der Waals surface area contributed by atoms with Crippen molar-refractivity contribution < 1.29 is 23.8 Å². The Bertz CT molecular complexity index is 459. The Hall–Kier alpha value is -2.37. The summed E-state index contributed by atoms with van der Waals surface area (Å²) in [5.74, 6) is -2.19. The average Bonchev–Trinajstić information content (AvgIpc) is 2.28. The highest BCUT2D eigenvalue weighted by atomic mass is 19.1. The molecular formula is C11H10FNO4. The highest BCUT2D eigenvalue weighted by molar-refractivity contribution is 5.98. The van der Waals surface area contributed by atoms with E-state index in [0.29, 0.717) is 0 Å². The minimum Gasteiger partial charge on any atom is -0.478 e. The summed E-state index contributed by atoms with van der Waals surface area (Å²) in [4.78, 5) is 22.0. The Balaban J connectivity index is 2.92. The van der Waals surface area contributed by atoms with Crippen molar-refractivity contribution in [2.45, 2.75) is 0 Å². The Morgan fingerprint density at radius 1 is 1.53 bits per heavy atom. The number of carbonyl (C=O) groups is 2. The van der Waals surface area contributed by atoms with Crippen molar-refractivity contribution in [2.24, 2.45) is 0 Å². The molecule has 1 rings (SSSR count). The molecule has 1 aromatic carbocycles. The van der Waals surface area contributed by atoms with Crippen LogP contribution in [0.15, 0.2) is 30.9 Å². The van der Waals surface area contributed by atoms with Gasteiger partial charge in [-0.1, -0.05) is 18.7 Å². The molecule has 0 unspecified atom stereocenters. The maximum Gasteiger partial charge on any atom is 0.412 e. The Morgan fingerprint density at radius 3 is 2.82 bits per heavy atom. The molecule has 0 spiro atoms. The second-order valence-corrected chi connectivity index (χ2v) is 2.98. The van der Waals surface area contributed by atoms with E-state index in [-0.39, 0.29) is 12.2 Å². The predicted molar refractivity (Wildman–Crippen MR) is 58.5 cm³/mol. The Morgan fingerprint density at radius 2 is 2.24 bits per heavy atom. The van der Waals surface area contributed by atoms with E-state index in [2.05, 4.69) is 11.3 Å². The number of anilines is 1. The van der Waals surface area contributed by atoms with Crippen LogP contribution in [-0.4, -0.2) is 23.8 Å². The number of hydrogen-bond donors (Lipinski definition) is 2. The number of hydrogen-bond acceptors (Lipinski definition) is 3. The first-order valence-corrected chi connectivity index (χ1v) is 4.62. The monoisotopic (exact) mass is 239 g/mol. The topological polar surface area (TPSA) is 75.6 Å². The van der Waals surface area contributed by atoms with Crippen LogP contribution in [0, 0.1) is 5.82 Å². The summed E-state index contributed by atoms with van der Waals surface area (Å²) in [6, 6.07) is 3.45. The highest BCUT2D eigenvalue weighted by Gasteiger charge is 2.16. The normalized spacial score (nSPS) is 9.47. The molecule has 0 aromatic heterocycles. The molecule has 0 saturated carbocycles. The van der Waals surface area contributed by atoms with E-state index in [1.807, 2.05) is 5.32 Å². The highest BCUT2D eigenvalue weighted by Crippen LogP contribution is 2.19. The van der Waals surface area contributed by atoms with Crippen LogP contribution in [0.4, 0.5) is 14.9 Å². The molecule has 17 heavy (non-hydrogen) atoms. The van der Waals surface area contributed by atoms with Gasteiger partial charge in [-0.15, -0.1) is 0 Å². The summed E-state index contributed by atoms with van der Waals surface area (Å²) in [5, 5.41) is 10.8. The molecule has 0 fully saturated rings. The summed E-state index contributed by atoms with van der Waals surface area (Å²) in [5.41, 5.74) is -0.769. The van der Waals surface area contributed by atoms with E-state index in [9.17, 15) is 14.0 Å². The SMILES string of the molecule is C=CCOC(=O)Nc1c(F)cccc1C(=O)O. The van der Waals surface area contributed by atoms with Crippen molar-refractivity contribution in [1.29, 1.82) is 0 Å². The molecule has 0 aliphatic rings. The Labute approximate surface area is 96.5 Å². The fourth-order valence-corrected chi connectivity index (χ4v) is 1.10. The lowest BCUT2D eigenvalue weighted by Crippen LogP contribution is -2.17. The van der Waals surface area contributed by atoms with Crippen LogP contribution in [0.2, 0.25) is 0 Å². The second kappa shape index (κ2) is 5.64. The van der Waals surface area contributed by atoms with E-state index >= 15 is 0 Å². The number of carboxylic acid groups (broad SMARTS) is 1. The van der Waals surface area contributed by atoms with Gasteiger partial charge in [0, 0.05) is 0 Å². The zero-order valence-corrected chi connectivity index (χ0v) is 8.77. The molecule has 5 nitrogen and oxygen atoms in total. The number of ether oxygens (including phenoxy) is 1. The van der Waals surface area contributed by atoms with Gasteiger partial charge in [0.1, 0.15) is 12.4 Å². The molecule has 0 aliphatic heterocycles. The van der Waals surface area contributed by atoms with Crippen molar-refractivity contribution in [3.05, 3.63) is 42.2 Å². The summed E-state index contributed by atoms with van der Waals surface area (Å²) in [6.45, 7) is 3.28. The van der Waals surface area contributed by atoms with E-state index < -0.39 is 23.6 Å². The van der Waals surface area contributed by atoms with Gasteiger partial charge in [0.25, 0.3) is 0 Å². The van der Waals surface area contributed by atoms with Gasteiger partial charge in [0.2, 0.25) is 0 Å². The molecule has 0 bridgehead atoms. The van der Waals surface area contributed by atoms with Crippen LogP contribution >= 0.6 is 0 Å². The summed E-state index contributed by atoms with van der Waals surface area (Å²) < 4.78 is 17.9. The smallest absolute Gasteiger partial charge is 0.412 e. The van der Waals surface area contributed by atoms with Crippen LogP contribution in [0.25, 0.3) is 0 Å². The van der Waals surface area contributed by atoms with Gasteiger partial charge in [-0.25, -0.2) is 14.0 Å². The van der Waals surface area contributed by atoms with Crippen molar-refractivity contribution >= 4 is 17.7 Å². The molecule has 2 N–H and O–H groups in total. The van der Waals surface area contributed by atoms with Gasteiger partial charge in [0.15, 0.2) is 0 Å². The fraction of sp³-hybridized carbons (Fsp3) is 0.0909. The number of nitrogens with one attached hydrogen (secondary N) is 1. The molecule has 0 heterocycles. The van der Waals surface area contributed by atoms with E-state index in [1.165, 1.54) is 18.2 Å². The maximum atomic E-state index is 13.3. The summed E-state index contributed by atoms with van der Waals surface area (Å²) >= 11 is 0. The number of para-hydroxylation sites is 1. The maximum absolute atomic E-state index is 13.3. The molecule has 0 atom stereocenters. The molecule has 1 aromatic rings. The van der Waals surface area contributed by atoms with Gasteiger partial charge >= 0.3 is 12.1 Å². The van der Waals surface area contributed by atoms with Crippen molar-refractivity contribution in [1.82, 2.24) is 0 Å². The number of halogens is 1. The molecular weight excluding hydrogens is 229 g/mol. The number of rotatable bonds is 4. The van der Waals surface area contributed by atoms with Crippen molar-refractivity contribution in [2.75, 3.05) is 11.9 Å². The molecule has 0 aliphatic carbocycles. The third kappa shape index (κ3) is 3.30. The lowest BCUT2D eigenvalue weighted by molar-refractivity contribution is 0.0697. The first kappa shape index (κ1) is 12.7. The zero-order valence-electron chi connectivity index (χ0n) is 8.77. The number of carbonyl (C=O) groups excluding carboxylic acids is 1. The van der Waals surface area contributed by atoms with E-state index in [1.54, 1.807) is 0 Å². The first-order chi connectivity index (χ1) is 8.06. The lowest BCUT2D eigenvalue weighted by Gasteiger charge is -2.08. The van der Waals surface area contributed by atoms with Crippen LogP contribution in [0.3, 0.4) is 0 Å². The van der Waals surface area contributed by atoms with Gasteiger partial charge in [-0.2, -0.15) is 0 Å². The van der Waals surface area contributed by atoms with E-state index in [4.69, 9.17) is 5.11 Å². The third-order valence-electron chi connectivity index (χ3n) is 1.80. The minimum absolute atomic E-state index is 0.0529. The Kier molecular flexibility index (Phi) is 4.21. The first-order valence-electron chi connectivity index (χ1n) is 4.62. The van der Waals surface area contributed by atoms with Gasteiger partial charge in [-0.05, 0) is 12.1 Å². The standard InChI is InChI=1S/C11H10FNO4/c1-2-6-17-11(16)13-9-7(10(14)15)4-3-5-8(9)12/h2-5H,1,6H2,(H,13,16)(H,14,15). The second-order valence-electron chi connectivity index (χ2n) is 2.98. The van der Waals surface area contributed by atoms with Gasteiger partial charge in [0.05, 0.1) is 11.3 Å². The molecule has 1 amide bonds. The number of aromatic carboxylic acids is 1. The summed E-state index contributed by atoms with van der Waals surface area (Å²) in [7, 11) is 0. The van der Waals surface area contributed by atoms with Gasteiger partial charge in [-0.3, -0.25) is 5.32 Å². The number of benzene rings is 1. The van der Waals surface area contributed by atoms with Crippen molar-refractivity contribution in [3.8, 4) is 0 Å². The summed E-state index contributed by atoms with van der Waals surface area (Å²) in [6.07, 6.45) is 0.386. The average molecular weight is 239 g/mol. The van der Waals surface area contributed by atoms with Crippen LogP contribution in [0.5, 0.6) is 0 Å². The van der Waals surface area contributed by atoms with Gasteiger partial charge < -0.3 is 9.84 Å². The van der Waals surface area contributed by atoms with Crippen molar-refractivity contribution in [3.63, 3.8) is 0 Å². The van der Waals surface area contributed by atoms with E-state index in [0.717, 1.165) is 6.07 Å².